The molecule has 0 aromatic carbocycles. The van der Waals surface area contributed by atoms with Crippen molar-refractivity contribution in [1.82, 2.24) is 15.5 Å². The van der Waals surface area contributed by atoms with Crippen LogP contribution in [-0.2, 0) is 0 Å². The molecule has 0 aliphatic rings. The van der Waals surface area contributed by atoms with E-state index < -0.39 is 0 Å². The van der Waals surface area contributed by atoms with Crippen LogP contribution in [-0.4, -0.2) is 49.6 Å². The van der Waals surface area contributed by atoms with Crippen LogP contribution in [0.5, 0.6) is 0 Å². The Hall–Kier alpha value is -0.0400. The summed E-state index contributed by atoms with van der Waals surface area (Å²) >= 11 is 0. The van der Waals surface area contributed by atoms with E-state index in [2.05, 4.69) is 55.1 Å². The van der Waals surface area contributed by atoms with Crippen LogP contribution in [0.15, 0.2) is 4.99 Å². The maximum atomic E-state index is 4.61. The highest BCUT2D eigenvalue weighted by molar-refractivity contribution is 14.0. The maximum absolute atomic E-state index is 4.61. The molecule has 0 fully saturated rings. The molecule has 20 heavy (non-hydrogen) atoms. The predicted octanol–water partition coefficient (Wildman–Crippen LogP) is 3.08. The fourth-order valence-electron chi connectivity index (χ4n) is 2.05. The summed E-state index contributed by atoms with van der Waals surface area (Å²) in [5, 5.41) is 6.62. The van der Waals surface area contributed by atoms with E-state index in [0.29, 0.717) is 6.04 Å². The topological polar surface area (TPSA) is 39.7 Å². The van der Waals surface area contributed by atoms with Crippen LogP contribution >= 0.6 is 24.0 Å². The van der Waals surface area contributed by atoms with E-state index in [1.165, 1.54) is 25.9 Å². The van der Waals surface area contributed by atoms with Gasteiger partial charge >= 0.3 is 0 Å². The van der Waals surface area contributed by atoms with Gasteiger partial charge < -0.3 is 15.5 Å². The Balaban J connectivity index is 0. The average Bonchev–Trinajstić information content (AvgIpc) is 2.34. The highest BCUT2D eigenvalue weighted by Gasteiger charge is 2.02. The molecule has 0 saturated heterocycles. The van der Waals surface area contributed by atoms with Gasteiger partial charge in [-0.05, 0) is 59.7 Å². The van der Waals surface area contributed by atoms with Gasteiger partial charge in [0.05, 0.1) is 0 Å². The van der Waals surface area contributed by atoms with Gasteiger partial charge in [0.2, 0.25) is 0 Å². The Kier molecular flexibility index (Phi) is 17.1. The molecule has 2 N–H and O–H groups in total. The van der Waals surface area contributed by atoms with Gasteiger partial charge in [-0.25, -0.2) is 0 Å². The lowest BCUT2D eigenvalue weighted by Gasteiger charge is -2.20. The first-order valence-corrected chi connectivity index (χ1v) is 7.91. The Bertz CT molecular complexity index is 226. The van der Waals surface area contributed by atoms with Crippen molar-refractivity contribution in [3.63, 3.8) is 0 Å². The predicted molar refractivity (Wildman–Crippen MR) is 101 cm³/mol. The van der Waals surface area contributed by atoms with Crippen molar-refractivity contribution >= 4 is 29.9 Å². The molecule has 0 saturated carbocycles. The summed E-state index contributed by atoms with van der Waals surface area (Å²) < 4.78 is 0. The summed E-state index contributed by atoms with van der Waals surface area (Å²) in [6, 6.07) is 0.425. The fraction of sp³-hybridized carbons (Fsp3) is 0.933. The van der Waals surface area contributed by atoms with Gasteiger partial charge in [0.15, 0.2) is 5.96 Å². The van der Waals surface area contributed by atoms with E-state index in [4.69, 9.17) is 0 Å². The van der Waals surface area contributed by atoms with Gasteiger partial charge in [0.1, 0.15) is 0 Å². The van der Waals surface area contributed by atoms with Crippen molar-refractivity contribution < 1.29 is 0 Å². The van der Waals surface area contributed by atoms with Crippen molar-refractivity contribution in [2.45, 2.75) is 59.9 Å². The molecule has 0 spiro atoms. The number of hydrogen-bond acceptors (Lipinski definition) is 2. The SMILES string of the molecule is CCCN(CCC)CCCN=C(NCC)NC(C)C.I. The molecule has 122 valence electrons. The number of hydrogen-bond donors (Lipinski definition) is 2. The van der Waals surface area contributed by atoms with Crippen LogP contribution in [0.2, 0.25) is 0 Å². The number of nitrogens with zero attached hydrogens (tertiary/aromatic N) is 2. The van der Waals surface area contributed by atoms with Crippen molar-refractivity contribution in [3.05, 3.63) is 0 Å². The molecule has 0 aliphatic carbocycles. The van der Waals surface area contributed by atoms with Gasteiger partial charge in [-0.1, -0.05) is 13.8 Å². The smallest absolute Gasteiger partial charge is 0.191 e. The quantitative estimate of drug-likeness (QED) is 0.257. The van der Waals surface area contributed by atoms with Crippen LogP contribution in [0.1, 0.15) is 53.9 Å². The summed E-state index contributed by atoms with van der Waals surface area (Å²) in [7, 11) is 0. The second-order valence-corrected chi connectivity index (χ2v) is 5.25. The van der Waals surface area contributed by atoms with Crippen LogP contribution in [0.25, 0.3) is 0 Å². The first-order valence-electron chi connectivity index (χ1n) is 7.91. The highest BCUT2D eigenvalue weighted by atomic mass is 127. The zero-order chi connectivity index (χ0) is 14.5. The summed E-state index contributed by atoms with van der Waals surface area (Å²) in [4.78, 5) is 7.15. The molecule has 4 nitrogen and oxygen atoms in total. The van der Waals surface area contributed by atoms with Gasteiger partial charge in [0, 0.05) is 19.1 Å². The molecule has 0 bridgehead atoms. The minimum atomic E-state index is 0. The largest absolute Gasteiger partial charge is 0.357 e. The van der Waals surface area contributed by atoms with E-state index >= 15 is 0 Å². The second kappa shape index (κ2) is 15.4. The van der Waals surface area contributed by atoms with Crippen molar-refractivity contribution in [2.24, 2.45) is 4.99 Å². The Morgan fingerprint density at radius 1 is 1.05 bits per heavy atom. The molecular formula is C15H35IN4. The summed E-state index contributed by atoms with van der Waals surface area (Å²) in [5.74, 6) is 0.940. The number of rotatable bonds is 10. The van der Waals surface area contributed by atoms with E-state index in [1.54, 1.807) is 0 Å². The van der Waals surface area contributed by atoms with E-state index in [9.17, 15) is 0 Å². The third kappa shape index (κ3) is 13.0. The van der Waals surface area contributed by atoms with Crippen molar-refractivity contribution in [3.8, 4) is 0 Å². The third-order valence-corrected chi connectivity index (χ3v) is 2.75. The standard InChI is InChI=1S/C15H34N4.HI/c1-6-11-19(12-7-2)13-9-10-17-15(16-8-3)18-14(4)5;/h14H,6-13H2,1-5H3,(H2,16,17,18);1H. The molecule has 0 unspecified atom stereocenters. The molecule has 0 amide bonds. The van der Waals surface area contributed by atoms with Crippen molar-refractivity contribution in [1.29, 1.82) is 0 Å². The number of nitrogens with one attached hydrogen (secondary N) is 2. The number of halogens is 1. The van der Waals surface area contributed by atoms with Gasteiger partial charge in [-0.15, -0.1) is 24.0 Å². The number of aliphatic imine (C=N–C) groups is 1. The third-order valence-electron chi connectivity index (χ3n) is 2.75. The van der Waals surface area contributed by atoms with Crippen LogP contribution in [0.4, 0.5) is 0 Å². The Morgan fingerprint density at radius 3 is 2.10 bits per heavy atom. The van der Waals surface area contributed by atoms with Gasteiger partial charge in [-0.2, -0.15) is 0 Å². The molecule has 0 aliphatic heterocycles. The lowest BCUT2D eigenvalue weighted by atomic mass is 10.3. The molecule has 0 heterocycles. The van der Waals surface area contributed by atoms with Crippen LogP contribution in [0.3, 0.4) is 0 Å². The Morgan fingerprint density at radius 2 is 1.65 bits per heavy atom. The van der Waals surface area contributed by atoms with Gasteiger partial charge in [-0.3, -0.25) is 4.99 Å². The van der Waals surface area contributed by atoms with Crippen molar-refractivity contribution in [2.75, 3.05) is 32.7 Å². The molecule has 0 aromatic heterocycles. The summed E-state index contributed by atoms with van der Waals surface area (Å²) in [5.41, 5.74) is 0. The van der Waals surface area contributed by atoms with E-state index in [1.807, 2.05) is 0 Å². The molecule has 0 atom stereocenters. The minimum absolute atomic E-state index is 0. The summed E-state index contributed by atoms with van der Waals surface area (Å²) in [6.45, 7) is 16.3. The van der Waals surface area contributed by atoms with Gasteiger partial charge in [0.25, 0.3) is 0 Å². The Labute approximate surface area is 143 Å². The molecule has 5 heteroatoms. The monoisotopic (exact) mass is 398 g/mol. The average molecular weight is 398 g/mol. The first kappa shape index (κ1) is 22.2. The fourth-order valence-corrected chi connectivity index (χ4v) is 2.05. The second-order valence-electron chi connectivity index (χ2n) is 5.25. The molecule has 0 aromatic rings. The number of guanidine groups is 1. The molecular weight excluding hydrogens is 363 g/mol. The normalized spacial score (nSPS) is 11.7. The lowest BCUT2D eigenvalue weighted by Crippen LogP contribution is -2.41. The lowest BCUT2D eigenvalue weighted by molar-refractivity contribution is 0.273. The highest BCUT2D eigenvalue weighted by Crippen LogP contribution is 1.96. The zero-order valence-corrected chi connectivity index (χ0v) is 16.4. The maximum Gasteiger partial charge on any atom is 0.191 e. The zero-order valence-electron chi connectivity index (χ0n) is 14.0. The molecule has 0 radical (unpaired) electrons. The first-order chi connectivity index (χ1) is 9.13. The van der Waals surface area contributed by atoms with Crippen LogP contribution in [0, 0.1) is 0 Å². The van der Waals surface area contributed by atoms with E-state index in [-0.39, 0.29) is 24.0 Å². The van der Waals surface area contributed by atoms with E-state index in [0.717, 1.165) is 32.0 Å². The minimum Gasteiger partial charge on any atom is -0.357 e. The molecule has 0 rings (SSSR count). The summed E-state index contributed by atoms with van der Waals surface area (Å²) in [6.07, 6.45) is 3.61. The van der Waals surface area contributed by atoms with Crippen LogP contribution < -0.4 is 10.6 Å².